The molecule has 1 fully saturated rings. The Hall–Kier alpha value is -2.43. The summed E-state index contributed by atoms with van der Waals surface area (Å²) in [4.78, 5) is 17.1. The van der Waals surface area contributed by atoms with Crippen molar-refractivity contribution in [2.45, 2.75) is 26.4 Å². The van der Waals surface area contributed by atoms with Gasteiger partial charge in [0.25, 0.3) is 0 Å². The van der Waals surface area contributed by atoms with Crippen LogP contribution in [-0.4, -0.2) is 36.5 Å². The van der Waals surface area contributed by atoms with Crippen LogP contribution in [0.25, 0.3) is 11.0 Å². The van der Waals surface area contributed by atoms with Gasteiger partial charge in [0.15, 0.2) is 0 Å². The SMILES string of the molecule is Cc1ccc2c(CN3CCN(C)CC3c3ccccc3)cc(=O)oc2c1C. The smallest absolute Gasteiger partial charge is 0.336 e. The lowest BCUT2D eigenvalue weighted by molar-refractivity contribution is 0.0836. The molecule has 27 heavy (non-hydrogen) atoms. The summed E-state index contributed by atoms with van der Waals surface area (Å²) in [5.41, 5.74) is 5.02. The summed E-state index contributed by atoms with van der Waals surface area (Å²) >= 11 is 0. The Morgan fingerprint density at radius 2 is 1.85 bits per heavy atom. The van der Waals surface area contributed by atoms with E-state index in [1.165, 1.54) is 5.56 Å². The van der Waals surface area contributed by atoms with Crippen LogP contribution in [0.1, 0.15) is 28.3 Å². The van der Waals surface area contributed by atoms with E-state index in [0.29, 0.717) is 6.04 Å². The second-order valence-electron chi connectivity index (χ2n) is 7.63. The van der Waals surface area contributed by atoms with Crippen molar-refractivity contribution in [3.05, 3.63) is 81.2 Å². The van der Waals surface area contributed by atoms with E-state index < -0.39 is 0 Å². The molecule has 0 spiro atoms. The van der Waals surface area contributed by atoms with Crippen LogP contribution in [0, 0.1) is 13.8 Å². The molecule has 0 amide bonds. The van der Waals surface area contributed by atoms with Gasteiger partial charge in [0.2, 0.25) is 0 Å². The van der Waals surface area contributed by atoms with E-state index in [0.717, 1.165) is 53.8 Å². The summed E-state index contributed by atoms with van der Waals surface area (Å²) in [6, 6.07) is 16.8. The third-order valence-corrected chi connectivity index (χ3v) is 5.77. The Bertz CT molecular complexity index is 1010. The number of likely N-dealkylation sites (N-methyl/N-ethyl adjacent to an activating group) is 1. The third-order valence-electron chi connectivity index (χ3n) is 5.77. The van der Waals surface area contributed by atoms with Crippen LogP contribution in [0.3, 0.4) is 0 Å². The molecule has 1 unspecified atom stereocenters. The molecule has 2 heterocycles. The third kappa shape index (κ3) is 3.55. The standard InChI is InChI=1S/C23H26N2O2/c1-16-9-10-20-19(13-22(26)27-23(20)17(16)2)14-25-12-11-24(3)15-21(25)18-7-5-4-6-8-18/h4-10,13,21H,11-12,14-15H2,1-3H3. The second-order valence-corrected chi connectivity index (χ2v) is 7.63. The Labute approximate surface area is 160 Å². The van der Waals surface area contributed by atoms with Gasteiger partial charge in [-0.15, -0.1) is 0 Å². The van der Waals surface area contributed by atoms with Crippen LogP contribution in [0.5, 0.6) is 0 Å². The fourth-order valence-electron chi connectivity index (χ4n) is 4.01. The minimum Gasteiger partial charge on any atom is -0.422 e. The van der Waals surface area contributed by atoms with Crippen molar-refractivity contribution in [1.29, 1.82) is 0 Å². The highest BCUT2D eigenvalue weighted by molar-refractivity contribution is 5.83. The van der Waals surface area contributed by atoms with Crippen LogP contribution in [0.4, 0.5) is 0 Å². The number of benzene rings is 2. The van der Waals surface area contributed by atoms with E-state index in [1.807, 2.05) is 13.8 Å². The fraction of sp³-hybridized carbons (Fsp3) is 0.348. The summed E-state index contributed by atoms with van der Waals surface area (Å²) in [5, 5.41) is 1.04. The van der Waals surface area contributed by atoms with Gasteiger partial charge in [0.1, 0.15) is 5.58 Å². The van der Waals surface area contributed by atoms with E-state index in [4.69, 9.17) is 4.42 Å². The second kappa shape index (κ2) is 7.29. The summed E-state index contributed by atoms with van der Waals surface area (Å²) in [7, 11) is 2.17. The van der Waals surface area contributed by atoms with Crippen molar-refractivity contribution in [2.24, 2.45) is 0 Å². The van der Waals surface area contributed by atoms with E-state index in [2.05, 4.69) is 59.3 Å². The molecule has 1 saturated heterocycles. The molecule has 1 atom stereocenters. The van der Waals surface area contributed by atoms with Crippen LogP contribution in [0.15, 0.2) is 57.7 Å². The van der Waals surface area contributed by atoms with Gasteiger partial charge in [0.05, 0.1) is 0 Å². The normalized spacial score (nSPS) is 18.9. The molecule has 0 radical (unpaired) electrons. The Balaban J connectivity index is 1.74. The van der Waals surface area contributed by atoms with Crippen LogP contribution < -0.4 is 5.63 Å². The zero-order chi connectivity index (χ0) is 19.0. The first-order chi connectivity index (χ1) is 13.0. The van der Waals surface area contributed by atoms with Gasteiger partial charge in [-0.25, -0.2) is 4.79 Å². The van der Waals surface area contributed by atoms with Gasteiger partial charge < -0.3 is 9.32 Å². The molecular weight excluding hydrogens is 336 g/mol. The summed E-state index contributed by atoms with van der Waals surface area (Å²) in [6.07, 6.45) is 0. The summed E-state index contributed by atoms with van der Waals surface area (Å²) < 4.78 is 5.55. The monoisotopic (exact) mass is 362 g/mol. The first kappa shape index (κ1) is 18.0. The van der Waals surface area contributed by atoms with E-state index in [-0.39, 0.29) is 5.63 Å². The Morgan fingerprint density at radius 3 is 2.63 bits per heavy atom. The molecule has 140 valence electrons. The quantitative estimate of drug-likeness (QED) is 0.662. The zero-order valence-corrected chi connectivity index (χ0v) is 16.2. The molecule has 1 aliphatic heterocycles. The zero-order valence-electron chi connectivity index (χ0n) is 16.2. The van der Waals surface area contributed by atoms with Crippen LogP contribution >= 0.6 is 0 Å². The highest BCUT2D eigenvalue weighted by Crippen LogP contribution is 2.29. The van der Waals surface area contributed by atoms with Gasteiger partial charge in [-0.2, -0.15) is 0 Å². The van der Waals surface area contributed by atoms with Gasteiger partial charge in [-0.05, 0) is 43.1 Å². The largest absolute Gasteiger partial charge is 0.422 e. The average molecular weight is 362 g/mol. The minimum atomic E-state index is -0.267. The van der Waals surface area contributed by atoms with E-state index >= 15 is 0 Å². The van der Waals surface area contributed by atoms with Crippen molar-refractivity contribution in [1.82, 2.24) is 9.80 Å². The van der Waals surface area contributed by atoms with Crippen molar-refractivity contribution in [3.63, 3.8) is 0 Å². The Morgan fingerprint density at radius 1 is 1.07 bits per heavy atom. The van der Waals surface area contributed by atoms with Gasteiger partial charge in [-0.1, -0.05) is 42.5 Å². The number of hydrogen-bond acceptors (Lipinski definition) is 4. The van der Waals surface area contributed by atoms with Crippen LogP contribution in [0.2, 0.25) is 0 Å². The maximum absolute atomic E-state index is 12.2. The molecule has 3 aromatic rings. The molecule has 0 N–H and O–H groups in total. The van der Waals surface area contributed by atoms with Crippen molar-refractivity contribution in [3.8, 4) is 0 Å². The predicted molar refractivity (Wildman–Crippen MR) is 109 cm³/mol. The minimum absolute atomic E-state index is 0.267. The molecule has 0 bridgehead atoms. The summed E-state index contributed by atoms with van der Waals surface area (Å²) in [5.74, 6) is 0. The lowest BCUT2D eigenvalue weighted by Crippen LogP contribution is -2.46. The predicted octanol–water partition coefficient (Wildman–Crippen LogP) is 3.90. The number of rotatable bonds is 3. The highest BCUT2D eigenvalue weighted by Gasteiger charge is 2.27. The number of hydrogen-bond donors (Lipinski definition) is 0. The molecule has 2 aromatic carbocycles. The molecular formula is C23H26N2O2. The maximum Gasteiger partial charge on any atom is 0.336 e. The molecule has 1 aromatic heterocycles. The lowest BCUT2D eigenvalue weighted by Gasteiger charge is -2.40. The summed E-state index contributed by atoms with van der Waals surface area (Å²) in [6.45, 7) is 7.81. The van der Waals surface area contributed by atoms with Gasteiger partial charge in [-0.3, -0.25) is 4.90 Å². The first-order valence-corrected chi connectivity index (χ1v) is 9.53. The van der Waals surface area contributed by atoms with Crippen molar-refractivity contribution < 1.29 is 4.42 Å². The number of aryl methyl sites for hydroxylation is 2. The molecule has 0 aliphatic carbocycles. The Kier molecular flexibility index (Phi) is 4.85. The van der Waals surface area contributed by atoms with E-state index in [9.17, 15) is 4.79 Å². The van der Waals surface area contributed by atoms with Crippen molar-refractivity contribution >= 4 is 11.0 Å². The van der Waals surface area contributed by atoms with Crippen LogP contribution in [-0.2, 0) is 6.54 Å². The van der Waals surface area contributed by atoms with Gasteiger partial charge >= 0.3 is 5.63 Å². The van der Waals surface area contributed by atoms with Gasteiger partial charge in [0, 0.05) is 43.7 Å². The molecule has 4 heteroatoms. The molecule has 4 rings (SSSR count). The van der Waals surface area contributed by atoms with E-state index in [1.54, 1.807) is 6.07 Å². The lowest BCUT2D eigenvalue weighted by atomic mass is 9.99. The fourth-order valence-corrected chi connectivity index (χ4v) is 4.01. The molecule has 0 saturated carbocycles. The molecule has 4 nitrogen and oxygen atoms in total. The highest BCUT2D eigenvalue weighted by atomic mass is 16.4. The first-order valence-electron chi connectivity index (χ1n) is 9.53. The van der Waals surface area contributed by atoms with Crippen molar-refractivity contribution in [2.75, 3.05) is 26.7 Å². The molecule has 1 aliphatic rings. The topological polar surface area (TPSA) is 36.7 Å². The maximum atomic E-state index is 12.2. The average Bonchev–Trinajstić information content (AvgIpc) is 2.67. The number of piperazine rings is 1. The number of nitrogens with zero attached hydrogens (tertiary/aromatic N) is 2. The number of fused-ring (bicyclic) bond motifs is 1.